The summed E-state index contributed by atoms with van der Waals surface area (Å²) < 4.78 is 2.63. The molecular weight excluding hydrogens is 396 g/mol. The molecule has 0 amide bonds. The Bertz CT molecular complexity index is 866. The van der Waals surface area contributed by atoms with E-state index < -0.39 is 0 Å². The Morgan fingerprint density at radius 2 is 1.80 bits per heavy atom. The van der Waals surface area contributed by atoms with Crippen molar-refractivity contribution in [2.24, 2.45) is 0 Å². The van der Waals surface area contributed by atoms with E-state index in [0.717, 1.165) is 15.8 Å². The van der Waals surface area contributed by atoms with E-state index in [1.54, 1.807) is 16.4 Å². The summed E-state index contributed by atoms with van der Waals surface area (Å²) in [7, 11) is 0. The molecule has 0 unspecified atom stereocenters. The second-order valence-corrected chi connectivity index (χ2v) is 8.78. The van der Waals surface area contributed by atoms with Crippen molar-refractivity contribution in [2.45, 2.75) is 37.1 Å². The molecule has 6 heteroatoms. The van der Waals surface area contributed by atoms with Gasteiger partial charge in [0, 0.05) is 15.8 Å². The number of rotatable bonds is 4. The maximum absolute atomic E-state index is 6.21. The molecule has 0 fully saturated rings. The van der Waals surface area contributed by atoms with Gasteiger partial charge in [0.15, 0.2) is 5.82 Å². The Balaban J connectivity index is 1.77. The van der Waals surface area contributed by atoms with Crippen LogP contribution in [0, 0.1) is 0 Å². The normalized spacial score (nSPS) is 11.7. The summed E-state index contributed by atoms with van der Waals surface area (Å²) in [5.41, 5.74) is 3.58. The Labute approximate surface area is 160 Å². The van der Waals surface area contributed by atoms with Gasteiger partial charge in [0.1, 0.15) is 0 Å². The highest BCUT2D eigenvalue weighted by Gasteiger charge is 2.16. The zero-order valence-corrected chi connectivity index (χ0v) is 16.9. The Morgan fingerprint density at radius 3 is 2.44 bits per heavy atom. The predicted molar refractivity (Wildman–Crippen MR) is 108 cm³/mol. The molecule has 0 aliphatic carbocycles. The Kier molecular flexibility index (Phi) is 5.20. The van der Waals surface area contributed by atoms with Gasteiger partial charge in [0.25, 0.3) is 0 Å². The van der Waals surface area contributed by atoms with Gasteiger partial charge in [-0.2, -0.15) is 0 Å². The van der Waals surface area contributed by atoms with Crippen molar-refractivity contribution in [3.63, 3.8) is 0 Å². The number of nitrogens with zero attached hydrogens (tertiary/aromatic N) is 3. The van der Waals surface area contributed by atoms with Crippen molar-refractivity contribution in [2.75, 3.05) is 5.84 Å². The largest absolute Gasteiger partial charge is 0.335 e. The lowest BCUT2D eigenvalue weighted by Gasteiger charge is -2.19. The minimum absolute atomic E-state index is 0.125. The predicted octanol–water partition coefficient (Wildman–Crippen LogP) is 5.01. The molecule has 0 saturated carbocycles. The van der Waals surface area contributed by atoms with Gasteiger partial charge < -0.3 is 5.84 Å². The topological polar surface area (TPSA) is 56.7 Å². The molecule has 3 aromatic rings. The van der Waals surface area contributed by atoms with Gasteiger partial charge in [0.2, 0.25) is 5.16 Å². The van der Waals surface area contributed by atoms with Crippen LogP contribution in [0.2, 0.25) is 0 Å². The highest BCUT2D eigenvalue weighted by atomic mass is 79.9. The van der Waals surface area contributed by atoms with Crippen LogP contribution in [0.25, 0.3) is 11.4 Å². The third-order valence-corrected chi connectivity index (χ3v) is 5.44. The van der Waals surface area contributed by atoms with Crippen molar-refractivity contribution in [3.05, 3.63) is 64.1 Å². The number of hydrogen-bond donors (Lipinski definition) is 1. The van der Waals surface area contributed by atoms with Crippen LogP contribution in [-0.4, -0.2) is 14.9 Å². The van der Waals surface area contributed by atoms with Crippen LogP contribution in [0.3, 0.4) is 0 Å². The molecular formula is C19H21BrN4S. The van der Waals surface area contributed by atoms with Crippen LogP contribution in [0.1, 0.15) is 31.9 Å². The number of thioether (sulfide) groups is 1. The number of hydrogen-bond acceptors (Lipinski definition) is 4. The number of nitrogens with two attached hydrogens (primary N) is 1. The van der Waals surface area contributed by atoms with E-state index in [-0.39, 0.29) is 5.41 Å². The molecule has 25 heavy (non-hydrogen) atoms. The third kappa shape index (κ3) is 4.25. The van der Waals surface area contributed by atoms with Gasteiger partial charge in [-0.05, 0) is 28.7 Å². The summed E-state index contributed by atoms with van der Waals surface area (Å²) in [6.45, 7) is 6.60. The molecule has 0 spiro atoms. The average molecular weight is 417 g/mol. The number of halogens is 1. The maximum Gasteiger partial charge on any atom is 0.210 e. The van der Waals surface area contributed by atoms with E-state index in [1.807, 2.05) is 12.1 Å². The molecule has 1 heterocycles. The van der Waals surface area contributed by atoms with E-state index in [0.29, 0.717) is 11.0 Å². The fourth-order valence-electron chi connectivity index (χ4n) is 2.47. The Morgan fingerprint density at radius 1 is 1.08 bits per heavy atom. The van der Waals surface area contributed by atoms with Gasteiger partial charge in [0.05, 0.1) is 0 Å². The van der Waals surface area contributed by atoms with Crippen LogP contribution in [-0.2, 0) is 11.2 Å². The standard InChI is InChI=1S/C19H21BrN4S/c1-19(2,3)15-9-7-14(8-10-15)17-22-23-18(24(17)21)25-12-13-5-4-6-16(20)11-13/h4-11H,12,21H2,1-3H3. The summed E-state index contributed by atoms with van der Waals surface area (Å²) in [5, 5.41) is 9.21. The highest BCUT2D eigenvalue weighted by molar-refractivity contribution is 9.10. The third-order valence-electron chi connectivity index (χ3n) is 3.93. The molecule has 3 rings (SSSR count). The molecule has 0 aliphatic heterocycles. The quantitative estimate of drug-likeness (QED) is 0.479. The van der Waals surface area contributed by atoms with E-state index in [2.05, 4.69) is 83.3 Å². The number of aromatic nitrogens is 3. The monoisotopic (exact) mass is 416 g/mol. The molecule has 0 radical (unpaired) electrons. The first-order valence-corrected chi connectivity index (χ1v) is 9.81. The van der Waals surface area contributed by atoms with Gasteiger partial charge in [-0.3, -0.25) is 0 Å². The molecule has 130 valence electrons. The van der Waals surface area contributed by atoms with E-state index in [1.165, 1.54) is 11.1 Å². The van der Waals surface area contributed by atoms with Crippen molar-refractivity contribution >= 4 is 27.7 Å². The van der Waals surface area contributed by atoms with Crippen LogP contribution >= 0.6 is 27.7 Å². The molecule has 4 nitrogen and oxygen atoms in total. The van der Waals surface area contributed by atoms with Crippen LogP contribution in [0.4, 0.5) is 0 Å². The molecule has 2 N–H and O–H groups in total. The summed E-state index contributed by atoms with van der Waals surface area (Å²) in [5.74, 6) is 7.68. The second-order valence-electron chi connectivity index (χ2n) is 6.92. The average Bonchev–Trinajstić information content (AvgIpc) is 2.93. The van der Waals surface area contributed by atoms with E-state index in [9.17, 15) is 0 Å². The minimum Gasteiger partial charge on any atom is -0.335 e. The first kappa shape index (κ1) is 18.0. The molecule has 0 bridgehead atoms. The fraction of sp³-hybridized carbons (Fsp3) is 0.263. The molecule has 0 saturated heterocycles. The minimum atomic E-state index is 0.125. The SMILES string of the molecule is CC(C)(C)c1ccc(-c2nnc(SCc3cccc(Br)c3)n2N)cc1. The zero-order chi connectivity index (χ0) is 18.0. The first-order valence-electron chi connectivity index (χ1n) is 8.03. The fourth-order valence-corrected chi connectivity index (χ4v) is 3.71. The number of benzene rings is 2. The van der Waals surface area contributed by atoms with Gasteiger partial charge in [-0.15, -0.1) is 10.2 Å². The molecule has 1 aromatic heterocycles. The van der Waals surface area contributed by atoms with Crippen LogP contribution in [0.15, 0.2) is 58.2 Å². The van der Waals surface area contributed by atoms with E-state index in [4.69, 9.17) is 5.84 Å². The highest BCUT2D eigenvalue weighted by Crippen LogP contribution is 2.27. The zero-order valence-electron chi connectivity index (χ0n) is 14.5. The lowest BCUT2D eigenvalue weighted by Crippen LogP contribution is -2.12. The molecule has 2 aromatic carbocycles. The second kappa shape index (κ2) is 7.22. The smallest absolute Gasteiger partial charge is 0.210 e. The summed E-state index contributed by atoms with van der Waals surface area (Å²) in [6, 6.07) is 16.6. The summed E-state index contributed by atoms with van der Waals surface area (Å²) >= 11 is 5.07. The molecule has 0 aliphatic rings. The summed E-state index contributed by atoms with van der Waals surface area (Å²) in [4.78, 5) is 0. The van der Waals surface area contributed by atoms with Gasteiger partial charge in [-0.25, -0.2) is 4.68 Å². The van der Waals surface area contributed by atoms with Crippen LogP contribution < -0.4 is 5.84 Å². The maximum atomic E-state index is 6.21. The Hall–Kier alpha value is -1.79. The van der Waals surface area contributed by atoms with Crippen molar-refractivity contribution in [1.82, 2.24) is 14.9 Å². The van der Waals surface area contributed by atoms with Crippen molar-refractivity contribution in [1.29, 1.82) is 0 Å². The summed E-state index contributed by atoms with van der Waals surface area (Å²) in [6.07, 6.45) is 0. The first-order chi connectivity index (χ1) is 11.8. The van der Waals surface area contributed by atoms with E-state index >= 15 is 0 Å². The lowest BCUT2D eigenvalue weighted by atomic mass is 9.87. The number of nitrogen functional groups attached to an aromatic ring is 1. The van der Waals surface area contributed by atoms with Crippen molar-refractivity contribution < 1.29 is 0 Å². The van der Waals surface area contributed by atoms with Crippen LogP contribution in [0.5, 0.6) is 0 Å². The van der Waals surface area contributed by atoms with Gasteiger partial charge in [-0.1, -0.05) is 84.9 Å². The van der Waals surface area contributed by atoms with Crippen molar-refractivity contribution in [3.8, 4) is 11.4 Å². The lowest BCUT2D eigenvalue weighted by molar-refractivity contribution is 0.590. The van der Waals surface area contributed by atoms with Gasteiger partial charge >= 0.3 is 0 Å². The molecule has 0 atom stereocenters.